The summed E-state index contributed by atoms with van der Waals surface area (Å²) in [5.74, 6) is -7.77. The first-order valence-corrected chi connectivity index (χ1v) is 33.4. The Balaban J connectivity index is 1.57. The third-order valence-corrected chi connectivity index (χ3v) is 19.4. The van der Waals surface area contributed by atoms with Gasteiger partial charge in [0.2, 0.25) is 65.0 Å². The Morgan fingerprint density at radius 2 is 1.29 bits per heavy atom. The van der Waals surface area contributed by atoms with Crippen LogP contribution in [0.2, 0.25) is 5.02 Å². The number of halogens is 4. The Morgan fingerprint density at radius 1 is 0.663 bits per heavy atom. The Hall–Kier alpha value is -6.53. The van der Waals surface area contributed by atoms with Crippen LogP contribution in [0.15, 0.2) is 18.2 Å². The molecule has 0 unspecified atom stereocenters. The van der Waals surface area contributed by atoms with E-state index in [1.54, 1.807) is 41.5 Å². The van der Waals surface area contributed by atoms with Crippen molar-refractivity contribution in [2.24, 2.45) is 23.7 Å². The van der Waals surface area contributed by atoms with E-state index < -0.39 is 167 Å². The van der Waals surface area contributed by atoms with Crippen LogP contribution in [0.5, 0.6) is 0 Å². The minimum absolute atomic E-state index is 0.0301. The van der Waals surface area contributed by atoms with Crippen molar-refractivity contribution in [2.75, 3.05) is 61.4 Å². The fourth-order valence-corrected chi connectivity index (χ4v) is 13.7. The summed E-state index contributed by atoms with van der Waals surface area (Å²) in [4.78, 5) is 169. The van der Waals surface area contributed by atoms with E-state index in [0.29, 0.717) is 31.2 Å². The molecule has 2 aliphatic carbocycles. The molecule has 4 fully saturated rings. The molecule has 92 heavy (non-hydrogen) atoms. The fourth-order valence-electron chi connectivity index (χ4n) is 13.4. The molecule has 2 saturated heterocycles. The first kappa shape index (κ1) is 76.2. The molecule has 11 amide bonds. The minimum atomic E-state index is -4.75. The number of likely N-dealkylation sites (N-methyl/N-ethyl adjacent to an activating group) is 5. The largest absolute Gasteiger partial charge is 0.417 e. The van der Waals surface area contributed by atoms with Crippen LogP contribution in [0.25, 0.3) is 0 Å². The zero-order valence-corrected chi connectivity index (χ0v) is 57.4. The highest BCUT2D eigenvalue weighted by Crippen LogP contribution is 2.37. The van der Waals surface area contributed by atoms with Crippen molar-refractivity contribution in [3.8, 4) is 0 Å². The number of fused-ring (bicyclic) bond motifs is 1. The second-order valence-corrected chi connectivity index (χ2v) is 27.9. The smallest absolute Gasteiger partial charge is 0.351 e. The number of hydrogen-bond donors (Lipinski definition) is 4. The fraction of sp³-hybridized carbons (Fsp3) is 0.742. The molecule has 2 saturated carbocycles. The summed E-state index contributed by atoms with van der Waals surface area (Å²) in [7, 11) is 7.19. The Bertz CT molecular complexity index is 2810. The standard InChI is InChI=1S/C66H103ClF3N11O11/c1-15-42(8)56-63(91)81(41(6)7)38-54(84)75(10)37-55(85)78(13)51(35-44-22-17-16-18-23-44)62(90)76(11)36-52(82)72-48(28-26-45-25-27-46(47(67)34-45)66(68,69)70)61(89)80-31-21-24-49(80)59(87)74-65(29-19-20-30-65)64(92)79(14)57(40(4)5)60(88)71-43(9)33-53(83)77(12)50(32-39(2)3)58(86)73-56/h25,27,34,39-44,48-51,56-57H,15-24,26,28-33,35-38H2,1-14H3,(H,71,88)(H,72,82)(H,73,86)(H,74,87)/t42-,43+,48-,49-,50-,51-,56-,57-/m0/s1. The molecular formula is C66H103ClF3N11O11. The van der Waals surface area contributed by atoms with E-state index in [0.717, 1.165) is 54.0 Å². The van der Waals surface area contributed by atoms with Gasteiger partial charge in [0.05, 0.1) is 23.7 Å². The Morgan fingerprint density at radius 3 is 1.87 bits per heavy atom. The summed E-state index contributed by atoms with van der Waals surface area (Å²) >= 11 is 6.12. The van der Waals surface area contributed by atoms with E-state index in [1.807, 2.05) is 20.8 Å². The first-order chi connectivity index (χ1) is 43.0. The third-order valence-electron chi connectivity index (χ3n) is 19.1. The van der Waals surface area contributed by atoms with E-state index in [9.17, 15) is 56.3 Å². The molecule has 5 rings (SSSR count). The molecule has 0 bridgehead atoms. The van der Waals surface area contributed by atoms with Crippen LogP contribution in [-0.2, 0) is 65.3 Å². The van der Waals surface area contributed by atoms with Gasteiger partial charge in [-0.3, -0.25) is 52.7 Å². The molecule has 0 aromatic heterocycles. The van der Waals surface area contributed by atoms with Crippen LogP contribution >= 0.6 is 11.6 Å². The van der Waals surface area contributed by atoms with Gasteiger partial charge in [0.15, 0.2) is 0 Å². The SMILES string of the molecule is CC[C@H](C)[C@@H]1NC(=O)[C@H](CC(C)C)N(C)C(=O)C[C@@H](C)NC(=O)[C@H](C(C)C)N(C)C(=O)C2(CCCC2)NC(=O)[C@@H]2CCCN2C(=O)[C@H](CCc2ccc(C(F)(F)F)c(Cl)c2)NC(=O)CN(C)C(=O)[C@H](CC2CCCCC2)N(C)C(=O)CN(C)C(=O)CN(C(C)C)C1=O. The molecule has 22 nitrogen and oxygen atoms in total. The summed E-state index contributed by atoms with van der Waals surface area (Å²) in [6.07, 6.45) is 2.04. The molecule has 516 valence electrons. The molecule has 0 radical (unpaired) electrons. The quantitative estimate of drug-likeness (QED) is 0.202. The highest BCUT2D eigenvalue weighted by atomic mass is 35.5. The first-order valence-electron chi connectivity index (χ1n) is 33.0. The predicted octanol–water partition coefficient (Wildman–Crippen LogP) is 5.94. The number of benzene rings is 1. The second kappa shape index (κ2) is 33.5. The number of hydrogen-bond acceptors (Lipinski definition) is 11. The maximum Gasteiger partial charge on any atom is 0.417 e. The number of nitrogens with zero attached hydrogens (tertiary/aromatic N) is 7. The van der Waals surface area contributed by atoms with Gasteiger partial charge >= 0.3 is 6.18 Å². The summed E-state index contributed by atoms with van der Waals surface area (Å²) in [5, 5.41) is 11.0. The van der Waals surface area contributed by atoms with Crippen LogP contribution in [0, 0.1) is 23.7 Å². The van der Waals surface area contributed by atoms with Gasteiger partial charge in [-0.05, 0) is 114 Å². The molecule has 4 aliphatic rings. The van der Waals surface area contributed by atoms with Crippen molar-refractivity contribution in [1.82, 2.24) is 55.6 Å². The number of alkyl halides is 3. The summed E-state index contributed by atoms with van der Waals surface area (Å²) in [6.45, 7) is 14.5. The third kappa shape index (κ3) is 19.8. The topological polar surface area (TPSA) is 259 Å². The van der Waals surface area contributed by atoms with Crippen LogP contribution < -0.4 is 21.3 Å². The molecular weight excluding hydrogens is 1220 g/mol. The summed E-state index contributed by atoms with van der Waals surface area (Å²) in [5.41, 5.74) is -2.25. The number of nitrogens with one attached hydrogen (secondary N) is 4. The molecule has 1 aromatic carbocycles. The van der Waals surface area contributed by atoms with Crippen LogP contribution in [0.4, 0.5) is 13.2 Å². The van der Waals surface area contributed by atoms with Gasteiger partial charge in [0, 0.05) is 60.3 Å². The maximum absolute atomic E-state index is 15.0. The normalized spacial score (nSPS) is 26.1. The van der Waals surface area contributed by atoms with Crippen molar-refractivity contribution in [1.29, 1.82) is 0 Å². The van der Waals surface area contributed by atoms with Gasteiger partial charge in [0.25, 0.3) is 0 Å². The number of aryl methyl sites for hydroxylation is 1. The number of carbonyl (C=O) groups excluding carboxylic acids is 11. The van der Waals surface area contributed by atoms with Gasteiger partial charge in [-0.15, -0.1) is 0 Å². The lowest BCUT2D eigenvalue weighted by Gasteiger charge is -2.39. The lowest BCUT2D eigenvalue weighted by Crippen LogP contribution is -2.64. The monoisotopic (exact) mass is 1320 g/mol. The second-order valence-electron chi connectivity index (χ2n) is 27.4. The molecule has 4 N–H and O–H groups in total. The highest BCUT2D eigenvalue weighted by Gasteiger charge is 2.50. The number of carbonyl (C=O) groups is 11. The molecule has 2 aliphatic heterocycles. The molecule has 26 heteroatoms. The van der Waals surface area contributed by atoms with E-state index in [1.165, 1.54) is 65.8 Å². The van der Waals surface area contributed by atoms with Crippen molar-refractivity contribution in [3.05, 3.63) is 34.3 Å². The van der Waals surface area contributed by atoms with E-state index >= 15 is 9.59 Å². The zero-order valence-electron chi connectivity index (χ0n) is 56.6. The van der Waals surface area contributed by atoms with Gasteiger partial charge < -0.3 is 55.6 Å². The van der Waals surface area contributed by atoms with Crippen molar-refractivity contribution >= 4 is 76.6 Å². The van der Waals surface area contributed by atoms with Crippen LogP contribution in [0.3, 0.4) is 0 Å². The predicted molar refractivity (Wildman–Crippen MR) is 342 cm³/mol. The van der Waals surface area contributed by atoms with Gasteiger partial charge in [-0.25, -0.2) is 0 Å². The van der Waals surface area contributed by atoms with E-state index in [2.05, 4.69) is 21.3 Å². The Kier molecular flexibility index (Phi) is 27.8. The average molecular weight is 1320 g/mol. The van der Waals surface area contributed by atoms with Crippen molar-refractivity contribution in [3.63, 3.8) is 0 Å². The van der Waals surface area contributed by atoms with Gasteiger partial charge in [-0.1, -0.05) is 111 Å². The van der Waals surface area contributed by atoms with Gasteiger partial charge in [-0.2, -0.15) is 13.2 Å². The maximum atomic E-state index is 15.0. The molecule has 1 aromatic rings. The summed E-state index contributed by atoms with van der Waals surface area (Å²) in [6, 6.07) is -5.19. The number of rotatable bonds is 11. The number of amides is 11. The summed E-state index contributed by atoms with van der Waals surface area (Å²) < 4.78 is 41.3. The van der Waals surface area contributed by atoms with Gasteiger partial charge in [0.1, 0.15) is 48.3 Å². The van der Waals surface area contributed by atoms with Crippen molar-refractivity contribution < 1.29 is 65.9 Å². The van der Waals surface area contributed by atoms with Crippen molar-refractivity contribution in [2.45, 2.75) is 232 Å². The highest BCUT2D eigenvalue weighted by molar-refractivity contribution is 6.31. The van der Waals surface area contributed by atoms with E-state index in [4.69, 9.17) is 11.6 Å². The average Bonchev–Trinajstić information content (AvgIpc) is 1.57. The van der Waals surface area contributed by atoms with Crippen LogP contribution in [-0.4, -0.2) is 215 Å². The lowest BCUT2D eigenvalue weighted by atomic mass is 9.84. The zero-order chi connectivity index (χ0) is 68.9. The molecule has 1 spiro atoms. The molecule has 2 heterocycles. The lowest BCUT2D eigenvalue weighted by molar-refractivity contribution is -0.150. The minimum Gasteiger partial charge on any atom is -0.351 e. The van der Waals surface area contributed by atoms with Crippen LogP contribution in [0.1, 0.15) is 176 Å². The van der Waals surface area contributed by atoms with E-state index in [-0.39, 0.29) is 69.7 Å². The Labute approximate surface area is 546 Å². The molecule has 8 atom stereocenters.